The van der Waals surface area contributed by atoms with Crippen LogP contribution in [0, 0.1) is 0 Å². The van der Waals surface area contributed by atoms with E-state index in [9.17, 15) is 34.2 Å². The highest BCUT2D eigenvalue weighted by Crippen LogP contribution is 2.33. The van der Waals surface area contributed by atoms with Crippen LogP contribution in [0.2, 0.25) is 0 Å². The summed E-state index contributed by atoms with van der Waals surface area (Å²) in [5, 5.41) is 27.9. The van der Waals surface area contributed by atoms with Crippen molar-refractivity contribution in [3.8, 4) is 0 Å². The number of H-pyrrole nitrogens is 1. The van der Waals surface area contributed by atoms with Crippen LogP contribution in [0.25, 0.3) is 11.0 Å². The van der Waals surface area contributed by atoms with Crippen molar-refractivity contribution in [2.75, 3.05) is 13.1 Å². The van der Waals surface area contributed by atoms with E-state index in [4.69, 9.17) is 14.6 Å². The van der Waals surface area contributed by atoms with Crippen molar-refractivity contribution in [3.05, 3.63) is 99.0 Å². The number of hydrogen-bond acceptors (Lipinski definition) is 9. The summed E-state index contributed by atoms with van der Waals surface area (Å²) in [6, 6.07) is 14.8. The van der Waals surface area contributed by atoms with Crippen molar-refractivity contribution < 1.29 is 38.9 Å². The number of carboxylic acid groups (broad SMARTS) is 2. The molecule has 0 spiro atoms. The summed E-state index contributed by atoms with van der Waals surface area (Å²) in [6.07, 6.45) is 0.956. The fourth-order valence-corrected chi connectivity index (χ4v) is 5.77. The third kappa shape index (κ3) is 6.99. The molecule has 46 heavy (non-hydrogen) atoms. The van der Waals surface area contributed by atoms with Gasteiger partial charge < -0.3 is 30.0 Å². The minimum atomic E-state index is -2.21. The average molecular weight is 631 g/mol. The van der Waals surface area contributed by atoms with Gasteiger partial charge in [0.05, 0.1) is 16.8 Å². The Hall–Kier alpha value is -5.30. The molecule has 4 N–H and O–H groups in total. The summed E-state index contributed by atoms with van der Waals surface area (Å²) in [7, 11) is 1.93. The molecular weight excluding hydrogens is 596 g/mol. The number of carbonyl (C=O) groups is 4. The lowest BCUT2D eigenvalue weighted by atomic mass is 9.88. The quantitative estimate of drug-likeness (QED) is 0.210. The van der Waals surface area contributed by atoms with Crippen LogP contribution >= 0.6 is 0 Å². The van der Waals surface area contributed by atoms with Gasteiger partial charge in [-0.3, -0.25) is 9.48 Å². The van der Waals surface area contributed by atoms with Crippen LogP contribution in [-0.4, -0.2) is 74.2 Å². The van der Waals surface area contributed by atoms with Crippen molar-refractivity contribution in [1.82, 2.24) is 20.1 Å². The van der Waals surface area contributed by atoms with Crippen molar-refractivity contribution in [2.24, 2.45) is 7.05 Å². The smallest absolute Gasteiger partial charge is 0.349 e. The van der Waals surface area contributed by atoms with E-state index in [1.165, 1.54) is 71.6 Å². The van der Waals surface area contributed by atoms with E-state index in [0.29, 0.717) is 5.92 Å². The molecule has 0 radical (unpaired) electrons. The maximum absolute atomic E-state index is 12.3. The first-order chi connectivity index (χ1) is 22.2. The van der Waals surface area contributed by atoms with Crippen LogP contribution in [0.3, 0.4) is 0 Å². The van der Waals surface area contributed by atoms with E-state index >= 15 is 0 Å². The highest BCUT2D eigenvalue weighted by Gasteiger charge is 2.41. The maximum Gasteiger partial charge on any atom is 0.349 e. The zero-order valence-electron chi connectivity index (χ0n) is 25.1. The molecule has 1 fully saturated rings. The normalized spacial score (nSPS) is 16.8. The summed E-state index contributed by atoms with van der Waals surface area (Å²) in [6.45, 7) is 2.06. The zero-order chi connectivity index (χ0) is 32.8. The molecular formula is C33H34N4O9. The number of ether oxygens (including phenoxy) is 2. The maximum atomic E-state index is 12.3. The van der Waals surface area contributed by atoms with Crippen LogP contribution in [0.5, 0.6) is 0 Å². The summed E-state index contributed by atoms with van der Waals surface area (Å²) >= 11 is 0. The van der Waals surface area contributed by atoms with Crippen LogP contribution in [0.4, 0.5) is 0 Å². The molecule has 1 aliphatic carbocycles. The van der Waals surface area contributed by atoms with Crippen LogP contribution in [0.1, 0.15) is 62.7 Å². The highest BCUT2D eigenvalue weighted by atomic mass is 16.6. The third-order valence-corrected chi connectivity index (χ3v) is 8.05. The van der Waals surface area contributed by atoms with Gasteiger partial charge in [-0.05, 0) is 68.5 Å². The number of hydrogen-bond donors (Lipinski definition) is 4. The lowest BCUT2D eigenvalue weighted by Gasteiger charge is -2.21. The Morgan fingerprint density at radius 2 is 1.37 bits per heavy atom. The number of carboxylic acids is 2. The molecule has 2 aromatic heterocycles. The highest BCUT2D eigenvalue weighted by molar-refractivity contribution is 5.95. The summed E-state index contributed by atoms with van der Waals surface area (Å²) in [5.41, 5.74) is 4.49. The third-order valence-electron chi connectivity index (χ3n) is 8.05. The molecule has 6 rings (SSSR count). The number of fused-ring (bicyclic) bond motifs is 3. The molecule has 0 bridgehead atoms. The van der Waals surface area contributed by atoms with E-state index < -0.39 is 36.1 Å². The van der Waals surface area contributed by atoms with Crippen molar-refractivity contribution in [1.29, 1.82) is 0 Å². The lowest BCUT2D eigenvalue weighted by Crippen LogP contribution is -2.45. The van der Waals surface area contributed by atoms with Gasteiger partial charge in [-0.15, -0.1) is 0 Å². The number of esters is 2. The summed E-state index contributed by atoms with van der Waals surface area (Å²) in [5.74, 6) is -5.15. The van der Waals surface area contributed by atoms with Crippen molar-refractivity contribution in [3.63, 3.8) is 0 Å². The topological polar surface area (TPSA) is 190 Å². The number of aliphatic carboxylic acids is 2. The minimum Gasteiger partial charge on any atom is -0.478 e. The molecule has 2 aromatic carbocycles. The first-order valence-corrected chi connectivity index (χ1v) is 14.9. The van der Waals surface area contributed by atoms with Crippen LogP contribution in [-0.2, 0) is 39.0 Å². The second-order valence-corrected chi connectivity index (χ2v) is 11.1. The van der Waals surface area contributed by atoms with Gasteiger partial charge >= 0.3 is 23.9 Å². The van der Waals surface area contributed by atoms with Gasteiger partial charge in [-0.1, -0.05) is 36.4 Å². The summed E-state index contributed by atoms with van der Waals surface area (Å²) < 4.78 is 11.4. The first kappa shape index (κ1) is 32.1. The number of nitrogens with zero attached hydrogens (tertiary/aromatic N) is 2. The van der Waals surface area contributed by atoms with E-state index in [1.54, 1.807) is 12.1 Å². The number of aromatic amines is 1. The SMILES string of the molecule is Cn1nc([C@H]2CCNC2)c2c3c(c(=O)[nH]c21)CCCC3.O=C(OC(C(=O)O)C(OC(=O)c1ccccc1)C(=O)O)c1ccccc1. The lowest BCUT2D eigenvalue weighted by molar-refractivity contribution is -0.166. The number of rotatable bonds is 8. The number of benzene rings is 2. The Bertz CT molecular complexity index is 1730. The van der Waals surface area contributed by atoms with Gasteiger partial charge in [0.25, 0.3) is 5.56 Å². The first-order valence-electron chi connectivity index (χ1n) is 14.9. The molecule has 2 unspecified atom stereocenters. The van der Waals surface area contributed by atoms with Gasteiger partial charge in [-0.2, -0.15) is 5.10 Å². The summed E-state index contributed by atoms with van der Waals surface area (Å²) in [4.78, 5) is 62.1. The second kappa shape index (κ2) is 14.2. The molecule has 13 heteroatoms. The monoisotopic (exact) mass is 630 g/mol. The fraction of sp³-hybridized carbons (Fsp3) is 0.333. The molecule has 3 atom stereocenters. The standard InChI is InChI=1S/C18H14O8.C15H20N4O/c19-15(20)13(25-17(23)11-7-3-1-4-8-11)14(16(21)22)26-18(24)12-9-5-2-6-10-12;1-19-14-12(13(18-19)9-6-7-16-8-9)10-4-2-3-5-11(10)15(20)17-14/h1-10,13-14H,(H,19,20)(H,21,22);9,16H,2-8H2,1H3,(H,17,20)/t;9-/m.0/s1. The van der Waals surface area contributed by atoms with Gasteiger partial charge in [0, 0.05) is 30.5 Å². The number of nitrogens with one attached hydrogen (secondary N) is 2. The minimum absolute atomic E-state index is 0.0253. The van der Waals surface area contributed by atoms with Gasteiger partial charge in [0.1, 0.15) is 5.65 Å². The zero-order valence-corrected chi connectivity index (χ0v) is 25.1. The predicted octanol–water partition coefficient (Wildman–Crippen LogP) is 2.82. The van der Waals surface area contributed by atoms with E-state index in [1.807, 2.05) is 11.7 Å². The largest absolute Gasteiger partial charge is 0.478 e. The molecule has 240 valence electrons. The van der Waals surface area contributed by atoms with Crippen molar-refractivity contribution >= 4 is 34.9 Å². The van der Waals surface area contributed by atoms with E-state index in [-0.39, 0.29) is 16.7 Å². The van der Waals surface area contributed by atoms with Gasteiger partial charge in [0.2, 0.25) is 12.2 Å². The Labute approximate surface area is 263 Å². The van der Waals surface area contributed by atoms with E-state index in [2.05, 4.69) is 10.3 Å². The van der Waals surface area contributed by atoms with Crippen LogP contribution < -0.4 is 10.9 Å². The average Bonchev–Trinajstić information content (AvgIpc) is 3.72. The van der Waals surface area contributed by atoms with Crippen molar-refractivity contribution in [2.45, 2.75) is 50.2 Å². The molecule has 1 saturated heterocycles. The van der Waals surface area contributed by atoms with Gasteiger partial charge in [-0.25, -0.2) is 19.2 Å². The fourth-order valence-electron chi connectivity index (χ4n) is 5.77. The number of pyridine rings is 1. The Morgan fingerprint density at radius 1 is 0.848 bits per heavy atom. The second-order valence-electron chi connectivity index (χ2n) is 11.1. The molecule has 4 aromatic rings. The molecule has 0 amide bonds. The Balaban J connectivity index is 0.000000186. The predicted molar refractivity (Wildman–Crippen MR) is 165 cm³/mol. The van der Waals surface area contributed by atoms with Crippen LogP contribution in [0.15, 0.2) is 65.5 Å². The number of aromatic nitrogens is 3. The van der Waals surface area contributed by atoms with E-state index in [0.717, 1.165) is 50.0 Å². The van der Waals surface area contributed by atoms with Gasteiger partial charge in [0.15, 0.2) is 0 Å². The number of aryl methyl sites for hydroxylation is 2. The number of carbonyl (C=O) groups excluding carboxylic acids is 2. The Morgan fingerprint density at radius 3 is 1.85 bits per heavy atom. The molecule has 0 saturated carbocycles. The molecule has 1 aliphatic heterocycles. The molecule has 13 nitrogen and oxygen atoms in total. The Kier molecular flexibility index (Phi) is 9.91. The molecule has 3 heterocycles. The molecule has 2 aliphatic rings.